The van der Waals surface area contributed by atoms with Crippen LogP contribution in [0, 0.1) is 22.0 Å². The number of thioether (sulfide) groups is 1. The highest BCUT2D eigenvalue weighted by Gasteiger charge is 2.19. The minimum absolute atomic E-state index is 0.0680. The zero-order chi connectivity index (χ0) is 16.8. The summed E-state index contributed by atoms with van der Waals surface area (Å²) in [7, 11) is 0. The van der Waals surface area contributed by atoms with Gasteiger partial charge in [0.25, 0.3) is 16.8 Å². The van der Waals surface area contributed by atoms with Crippen LogP contribution in [0.2, 0.25) is 0 Å². The van der Waals surface area contributed by atoms with Gasteiger partial charge in [-0.25, -0.2) is 0 Å². The molecule has 0 aliphatic rings. The normalized spacial score (nSPS) is 10.0. The lowest BCUT2D eigenvalue weighted by atomic mass is 10.2. The third-order valence-corrected chi connectivity index (χ3v) is 3.71. The maximum absolute atomic E-state index is 11.0. The fourth-order valence-corrected chi connectivity index (χ4v) is 2.45. The van der Waals surface area contributed by atoms with Crippen LogP contribution in [0.1, 0.15) is 5.56 Å². The molecule has 0 amide bonds. The molecule has 7 heteroatoms. The fourth-order valence-electron chi connectivity index (χ4n) is 1.95. The van der Waals surface area contributed by atoms with Crippen LogP contribution in [0.4, 0.5) is 5.69 Å². The van der Waals surface area contributed by atoms with Crippen molar-refractivity contribution in [2.45, 2.75) is 5.22 Å². The highest BCUT2D eigenvalue weighted by molar-refractivity contribution is 7.99. The van der Waals surface area contributed by atoms with Crippen molar-refractivity contribution in [2.75, 3.05) is 5.75 Å². The molecule has 1 aromatic heterocycles. The number of nitro benzene ring substituents is 1. The van der Waals surface area contributed by atoms with Crippen molar-refractivity contribution in [2.24, 2.45) is 0 Å². The summed E-state index contributed by atoms with van der Waals surface area (Å²) in [5.74, 6) is 6.64. The molecular formula is C17H11N3O3S. The van der Waals surface area contributed by atoms with E-state index in [1.807, 2.05) is 30.3 Å². The lowest BCUT2D eigenvalue weighted by Gasteiger charge is -1.96. The summed E-state index contributed by atoms with van der Waals surface area (Å²) in [4.78, 5) is 10.6. The molecule has 0 bridgehead atoms. The second-order valence-corrected chi connectivity index (χ2v) is 5.53. The van der Waals surface area contributed by atoms with Crippen LogP contribution in [0.15, 0.2) is 64.2 Å². The van der Waals surface area contributed by atoms with Crippen molar-refractivity contribution in [3.63, 3.8) is 0 Å². The molecule has 2 aromatic carbocycles. The van der Waals surface area contributed by atoms with E-state index in [1.165, 1.54) is 17.8 Å². The first-order valence-corrected chi connectivity index (χ1v) is 7.96. The molecule has 0 radical (unpaired) electrons. The first-order valence-electron chi connectivity index (χ1n) is 6.98. The van der Waals surface area contributed by atoms with Gasteiger partial charge in [-0.05, 0) is 18.2 Å². The fraction of sp³-hybridized carbons (Fsp3) is 0.0588. The number of benzene rings is 2. The van der Waals surface area contributed by atoms with Crippen molar-refractivity contribution >= 4 is 17.4 Å². The number of hydrogen-bond donors (Lipinski definition) is 0. The average molecular weight is 337 g/mol. The second kappa shape index (κ2) is 7.44. The SMILES string of the molecule is O=[N+]([O-])c1ccccc1-c1nnc(SCC#Cc2ccccc2)o1. The number of nitrogens with zero attached hydrogens (tertiary/aromatic N) is 3. The van der Waals surface area contributed by atoms with E-state index >= 15 is 0 Å². The smallest absolute Gasteiger partial charge is 0.282 e. The topological polar surface area (TPSA) is 82.1 Å². The summed E-state index contributed by atoms with van der Waals surface area (Å²) in [5.41, 5.74) is 1.17. The van der Waals surface area contributed by atoms with Gasteiger partial charge in [0.15, 0.2) is 0 Å². The van der Waals surface area contributed by atoms with E-state index in [0.29, 0.717) is 16.5 Å². The van der Waals surface area contributed by atoms with Crippen LogP contribution >= 0.6 is 11.8 Å². The first-order chi connectivity index (χ1) is 11.7. The minimum Gasteiger partial charge on any atom is -0.411 e. The molecule has 1 heterocycles. The standard InChI is InChI=1S/C17H11N3O3S/c21-20(22)15-11-5-4-10-14(15)16-18-19-17(23-16)24-12-6-9-13-7-2-1-3-8-13/h1-5,7-8,10-11H,12H2. The van der Waals surface area contributed by atoms with Crippen LogP contribution in [0.25, 0.3) is 11.5 Å². The Kier molecular flexibility index (Phi) is 4.89. The molecule has 0 fully saturated rings. The van der Waals surface area contributed by atoms with Crippen LogP contribution in [0.5, 0.6) is 0 Å². The van der Waals surface area contributed by atoms with Gasteiger partial charge in [0, 0.05) is 11.6 Å². The molecule has 3 aromatic rings. The molecule has 118 valence electrons. The van der Waals surface area contributed by atoms with Gasteiger partial charge >= 0.3 is 0 Å². The number of hydrogen-bond acceptors (Lipinski definition) is 6. The molecule has 0 N–H and O–H groups in total. The van der Waals surface area contributed by atoms with Gasteiger partial charge in [0.2, 0.25) is 0 Å². The summed E-state index contributed by atoms with van der Waals surface area (Å²) in [6.07, 6.45) is 0. The highest BCUT2D eigenvalue weighted by atomic mass is 32.2. The molecule has 3 rings (SSSR count). The lowest BCUT2D eigenvalue weighted by Crippen LogP contribution is -1.91. The lowest BCUT2D eigenvalue weighted by molar-refractivity contribution is -0.384. The third-order valence-electron chi connectivity index (χ3n) is 3.01. The second-order valence-electron chi connectivity index (χ2n) is 4.60. The summed E-state index contributed by atoms with van der Waals surface area (Å²) in [6.45, 7) is 0. The Labute approximate surface area is 142 Å². The summed E-state index contributed by atoms with van der Waals surface area (Å²) >= 11 is 1.29. The van der Waals surface area contributed by atoms with Gasteiger partial charge in [-0.1, -0.05) is 53.9 Å². The molecule has 0 aliphatic heterocycles. The van der Waals surface area contributed by atoms with E-state index in [-0.39, 0.29) is 11.6 Å². The summed E-state index contributed by atoms with van der Waals surface area (Å²) in [5, 5.41) is 19.1. The van der Waals surface area contributed by atoms with E-state index < -0.39 is 4.92 Å². The van der Waals surface area contributed by atoms with Gasteiger partial charge in [-0.2, -0.15) is 0 Å². The van der Waals surface area contributed by atoms with E-state index in [4.69, 9.17) is 4.42 Å². The zero-order valence-electron chi connectivity index (χ0n) is 12.4. The van der Waals surface area contributed by atoms with Crippen LogP contribution in [0.3, 0.4) is 0 Å². The van der Waals surface area contributed by atoms with Gasteiger partial charge in [0.05, 0.1) is 10.7 Å². The van der Waals surface area contributed by atoms with Gasteiger partial charge in [-0.3, -0.25) is 10.1 Å². The van der Waals surface area contributed by atoms with Crippen LogP contribution in [-0.2, 0) is 0 Å². The molecule has 24 heavy (non-hydrogen) atoms. The summed E-state index contributed by atoms with van der Waals surface area (Å²) < 4.78 is 5.48. The van der Waals surface area contributed by atoms with Crippen molar-refractivity contribution < 1.29 is 9.34 Å². The van der Waals surface area contributed by atoms with Crippen LogP contribution in [-0.4, -0.2) is 20.9 Å². The van der Waals surface area contributed by atoms with E-state index in [9.17, 15) is 10.1 Å². The quantitative estimate of drug-likeness (QED) is 0.312. The first kappa shape index (κ1) is 15.8. The van der Waals surface area contributed by atoms with Crippen molar-refractivity contribution in [1.82, 2.24) is 10.2 Å². The molecule has 6 nitrogen and oxygen atoms in total. The van der Waals surface area contributed by atoms with Crippen LogP contribution < -0.4 is 0 Å². The predicted molar refractivity (Wildman–Crippen MR) is 90.4 cm³/mol. The van der Waals surface area contributed by atoms with Gasteiger partial charge < -0.3 is 4.42 Å². The van der Waals surface area contributed by atoms with Crippen molar-refractivity contribution in [3.05, 3.63) is 70.3 Å². The number of para-hydroxylation sites is 1. The number of rotatable bonds is 4. The average Bonchev–Trinajstić information content (AvgIpc) is 3.08. The monoisotopic (exact) mass is 337 g/mol. The number of aromatic nitrogens is 2. The summed E-state index contributed by atoms with van der Waals surface area (Å²) in [6, 6.07) is 15.9. The third kappa shape index (κ3) is 3.80. The molecule has 0 spiro atoms. The van der Waals surface area contributed by atoms with E-state index in [1.54, 1.807) is 18.2 Å². The predicted octanol–water partition coefficient (Wildman–Crippen LogP) is 3.79. The molecule has 0 aliphatic carbocycles. The zero-order valence-corrected chi connectivity index (χ0v) is 13.2. The van der Waals surface area contributed by atoms with E-state index in [0.717, 1.165) is 5.56 Å². The highest BCUT2D eigenvalue weighted by Crippen LogP contribution is 2.30. The largest absolute Gasteiger partial charge is 0.411 e. The number of nitro groups is 1. The Hall–Kier alpha value is -3.11. The maximum Gasteiger partial charge on any atom is 0.282 e. The maximum atomic E-state index is 11.0. The van der Waals surface area contributed by atoms with Crippen molar-refractivity contribution in [3.8, 4) is 23.3 Å². The Morgan fingerprint density at radius 1 is 1.08 bits per heavy atom. The molecule has 0 atom stereocenters. The Balaban J connectivity index is 1.69. The Morgan fingerprint density at radius 3 is 2.62 bits per heavy atom. The molecular weight excluding hydrogens is 326 g/mol. The molecule has 0 unspecified atom stereocenters. The van der Waals surface area contributed by atoms with E-state index in [2.05, 4.69) is 22.0 Å². The van der Waals surface area contributed by atoms with Gasteiger partial charge in [-0.15, -0.1) is 10.2 Å². The van der Waals surface area contributed by atoms with Crippen molar-refractivity contribution in [1.29, 1.82) is 0 Å². The Bertz CT molecular complexity index is 913. The Morgan fingerprint density at radius 2 is 1.83 bits per heavy atom. The molecule has 0 saturated heterocycles. The van der Waals surface area contributed by atoms with Gasteiger partial charge in [0.1, 0.15) is 5.56 Å². The molecule has 0 saturated carbocycles. The minimum atomic E-state index is -0.475.